The number of hydrogen-bond acceptors (Lipinski definition) is 3. The summed E-state index contributed by atoms with van der Waals surface area (Å²) in [5.41, 5.74) is 0.297. The highest BCUT2D eigenvalue weighted by molar-refractivity contribution is 7.86. The fraction of sp³-hybridized carbons (Fsp3) is 0.562. The highest BCUT2D eigenvalue weighted by atomic mass is 32.2. The zero-order valence-electron chi connectivity index (χ0n) is 14.2. The summed E-state index contributed by atoms with van der Waals surface area (Å²) < 4.78 is 40.8. The molecule has 1 aromatic carbocycles. The molecule has 2 atom stereocenters. The predicted octanol–water partition coefficient (Wildman–Crippen LogP) is 1.92. The second kappa shape index (κ2) is 7.58. The van der Waals surface area contributed by atoms with Crippen molar-refractivity contribution in [2.24, 2.45) is 11.8 Å². The molecule has 0 radical (unpaired) electrons. The normalized spacial score (nSPS) is 22.5. The van der Waals surface area contributed by atoms with Gasteiger partial charge in [-0.2, -0.15) is 17.0 Å². The van der Waals surface area contributed by atoms with Crippen LogP contribution in [0.4, 0.5) is 10.1 Å². The van der Waals surface area contributed by atoms with Gasteiger partial charge in [0.2, 0.25) is 5.91 Å². The van der Waals surface area contributed by atoms with Crippen LogP contribution in [0.5, 0.6) is 0 Å². The number of anilines is 1. The summed E-state index contributed by atoms with van der Waals surface area (Å²) in [7, 11) is -2.31. The zero-order chi connectivity index (χ0) is 17.9. The average Bonchev–Trinajstić information content (AvgIpc) is 2.45. The van der Waals surface area contributed by atoms with E-state index in [9.17, 15) is 17.6 Å². The van der Waals surface area contributed by atoms with E-state index in [2.05, 4.69) is 5.32 Å². The Labute approximate surface area is 142 Å². The van der Waals surface area contributed by atoms with Crippen molar-refractivity contribution in [3.05, 3.63) is 30.1 Å². The molecule has 24 heavy (non-hydrogen) atoms. The van der Waals surface area contributed by atoms with E-state index in [-0.39, 0.29) is 18.4 Å². The van der Waals surface area contributed by atoms with E-state index in [1.807, 2.05) is 13.8 Å². The maximum absolute atomic E-state index is 13.1. The number of benzene rings is 1. The molecule has 2 unspecified atom stereocenters. The molecule has 6 nitrogen and oxygen atoms in total. The van der Waals surface area contributed by atoms with Crippen LogP contribution in [-0.4, -0.2) is 49.6 Å². The van der Waals surface area contributed by atoms with E-state index >= 15 is 0 Å². The highest BCUT2D eigenvalue weighted by Gasteiger charge is 2.33. The third-order valence-corrected chi connectivity index (χ3v) is 5.90. The van der Waals surface area contributed by atoms with Gasteiger partial charge in [0.25, 0.3) is 10.2 Å². The molecule has 0 aromatic heterocycles. The summed E-state index contributed by atoms with van der Waals surface area (Å²) in [5, 5.41) is 2.50. The minimum atomic E-state index is -3.69. The van der Waals surface area contributed by atoms with Gasteiger partial charge in [-0.05, 0) is 36.5 Å². The average molecular weight is 357 g/mol. The fourth-order valence-electron chi connectivity index (χ4n) is 3.04. The standard InChI is InChI=1S/C16H24FN3O3S/c1-12-7-13(2)10-20(9-12)24(22,23)19(3)11-16(21)18-15-6-4-5-14(17)8-15/h4-6,8,12-13H,7,9-11H2,1-3H3,(H,18,21). The summed E-state index contributed by atoms with van der Waals surface area (Å²) >= 11 is 0. The topological polar surface area (TPSA) is 69.7 Å². The Hall–Kier alpha value is -1.51. The van der Waals surface area contributed by atoms with E-state index in [4.69, 9.17) is 0 Å². The number of piperidine rings is 1. The van der Waals surface area contributed by atoms with Crippen molar-refractivity contribution in [3.8, 4) is 0 Å². The van der Waals surface area contributed by atoms with Crippen LogP contribution in [0.15, 0.2) is 24.3 Å². The lowest BCUT2D eigenvalue weighted by Gasteiger charge is -2.36. The predicted molar refractivity (Wildman–Crippen MR) is 91.1 cm³/mol. The molecular weight excluding hydrogens is 333 g/mol. The minimum absolute atomic E-state index is 0.290. The Bertz CT molecular complexity index is 686. The largest absolute Gasteiger partial charge is 0.325 e. The van der Waals surface area contributed by atoms with Gasteiger partial charge in [0.1, 0.15) is 5.82 Å². The van der Waals surface area contributed by atoms with Crippen LogP contribution < -0.4 is 5.32 Å². The quantitative estimate of drug-likeness (QED) is 0.875. The number of nitrogens with zero attached hydrogens (tertiary/aromatic N) is 2. The molecular formula is C16H24FN3O3S. The molecule has 1 fully saturated rings. The van der Waals surface area contributed by atoms with Gasteiger partial charge in [-0.25, -0.2) is 4.39 Å². The van der Waals surface area contributed by atoms with Gasteiger partial charge >= 0.3 is 0 Å². The van der Waals surface area contributed by atoms with Crippen molar-refractivity contribution in [3.63, 3.8) is 0 Å². The van der Waals surface area contributed by atoms with Gasteiger partial charge < -0.3 is 5.32 Å². The van der Waals surface area contributed by atoms with Crippen LogP contribution in [0, 0.1) is 17.7 Å². The van der Waals surface area contributed by atoms with E-state index < -0.39 is 21.9 Å². The summed E-state index contributed by atoms with van der Waals surface area (Å²) in [5.74, 6) is -0.397. The molecule has 1 amide bonds. The van der Waals surface area contributed by atoms with Gasteiger partial charge in [0, 0.05) is 25.8 Å². The van der Waals surface area contributed by atoms with Crippen molar-refractivity contribution in [2.75, 3.05) is 32.0 Å². The lowest BCUT2D eigenvalue weighted by atomic mass is 9.94. The highest BCUT2D eigenvalue weighted by Crippen LogP contribution is 2.24. The van der Waals surface area contributed by atoms with Crippen LogP contribution >= 0.6 is 0 Å². The maximum Gasteiger partial charge on any atom is 0.282 e. The summed E-state index contributed by atoms with van der Waals surface area (Å²) in [6.07, 6.45) is 0.996. The SMILES string of the molecule is CC1CC(C)CN(S(=O)(=O)N(C)CC(=O)Nc2cccc(F)c2)C1. The van der Waals surface area contributed by atoms with Crippen LogP contribution in [0.25, 0.3) is 0 Å². The number of carbonyl (C=O) groups is 1. The van der Waals surface area contributed by atoms with Gasteiger partial charge in [-0.1, -0.05) is 19.9 Å². The van der Waals surface area contributed by atoms with Crippen LogP contribution in [0.3, 0.4) is 0 Å². The first kappa shape index (κ1) is 18.8. The molecule has 0 aliphatic carbocycles. The zero-order valence-corrected chi connectivity index (χ0v) is 15.0. The van der Waals surface area contributed by atoms with Crippen LogP contribution in [0.2, 0.25) is 0 Å². The molecule has 2 rings (SSSR count). The summed E-state index contributed by atoms with van der Waals surface area (Å²) in [6.45, 7) is 4.65. The number of amides is 1. The molecule has 8 heteroatoms. The van der Waals surface area contributed by atoms with Crippen molar-refractivity contribution in [2.45, 2.75) is 20.3 Å². The Morgan fingerprint density at radius 2 is 1.96 bits per heavy atom. The van der Waals surface area contributed by atoms with E-state index in [0.29, 0.717) is 18.8 Å². The van der Waals surface area contributed by atoms with Gasteiger partial charge in [-0.15, -0.1) is 0 Å². The maximum atomic E-state index is 13.1. The van der Waals surface area contributed by atoms with E-state index in [0.717, 1.165) is 10.7 Å². The van der Waals surface area contributed by atoms with E-state index in [1.54, 1.807) is 6.07 Å². The van der Waals surface area contributed by atoms with Gasteiger partial charge in [-0.3, -0.25) is 4.79 Å². The van der Waals surface area contributed by atoms with E-state index in [1.165, 1.54) is 29.6 Å². The number of halogens is 1. The molecule has 1 saturated heterocycles. The second-order valence-corrected chi connectivity index (χ2v) is 8.62. The van der Waals surface area contributed by atoms with Crippen molar-refractivity contribution in [1.29, 1.82) is 0 Å². The van der Waals surface area contributed by atoms with Crippen LogP contribution in [-0.2, 0) is 15.0 Å². The van der Waals surface area contributed by atoms with Gasteiger partial charge in [0.05, 0.1) is 6.54 Å². The first-order valence-corrected chi connectivity index (χ1v) is 9.35. The smallest absolute Gasteiger partial charge is 0.282 e. The third kappa shape index (κ3) is 4.75. The first-order valence-electron chi connectivity index (χ1n) is 7.95. The van der Waals surface area contributed by atoms with Crippen molar-refractivity contribution >= 4 is 21.8 Å². The van der Waals surface area contributed by atoms with Gasteiger partial charge in [0.15, 0.2) is 0 Å². The summed E-state index contributed by atoms with van der Waals surface area (Å²) in [6, 6.07) is 5.47. The molecule has 1 heterocycles. The number of rotatable bonds is 5. The number of carbonyl (C=O) groups excluding carboxylic acids is 1. The Balaban J connectivity index is 1.99. The Morgan fingerprint density at radius 1 is 1.33 bits per heavy atom. The summed E-state index contributed by atoms with van der Waals surface area (Å²) in [4.78, 5) is 12.0. The lowest BCUT2D eigenvalue weighted by Crippen LogP contribution is -2.49. The number of likely N-dealkylation sites (N-methyl/N-ethyl adjacent to an activating group) is 1. The fourth-order valence-corrected chi connectivity index (χ4v) is 4.60. The minimum Gasteiger partial charge on any atom is -0.325 e. The molecule has 134 valence electrons. The molecule has 0 spiro atoms. The molecule has 0 bridgehead atoms. The molecule has 1 N–H and O–H groups in total. The lowest BCUT2D eigenvalue weighted by molar-refractivity contribution is -0.116. The molecule has 0 saturated carbocycles. The molecule has 1 aliphatic heterocycles. The third-order valence-electron chi connectivity index (χ3n) is 4.03. The van der Waals surface area contributed by atoms with Crippen molar-refractivity contribution < 1.29 is 17.6 Å². The number of nitrogens with one attached hydrogen (secondary N) is 1. The number of hydrogen-bond donors (Lipinski definition) is 1. The molecule has 1 aliphatic rings. The Kier molecular flexibility index (Phi) is 5.95. The first-order chi connectivity index (χ1) is 11.2. The monoisotopic (exact) mass is 357 g/mol. The second-order valence-electron chi connectivity index (χ2n) is 6.59. The Morgan fingerprint density at radius 3 is 2.54 bits per heavy atom. The molecule has 1 aromatic rings. The van der Waals surface area contributed by atoms with Crippen molar-refractivity contribution in [1.82, 2.24) is 8.61 Å². The van der Waals surface area contributed by atoms with Crippen LogP contribution in [0.1, 0.15) is 20.3 Å².